The highest BCUT2D eigenvalue weighted by atomic mass is 16.5. The van der Waals surface area contributed by atoms with Gasteiger partial charge in [-0.05, 0) is 43.0 Å². The predicted octanol–water partition coefficient (Wildman–Crippen LogP) is 3.02. The molecule has 0 aliphatic carbocycles. The molecule has 0 saturated heterocycles. The van der Waals surface area contributed by atoms with E-state index in [2.05, 4.69) is 34.1 Å². The van der Waals surface area contributed by atoms with Crippen LogP contribution in [-0.4, -0.2) is 18.1 Å². The number of aromatic nitrogens is 1. The second-order valence-electron chi connectivity index (χ2n) is 5.29. The molecule has 1 aliphatic heterocycles. The molecule has 2 heterocycles. The highest BCUT2D eigenvalue weighted by Gasteiger charge is 2.16. The summed E-state index contributed by atoms with van der Waals surface area (Å²) < 4.78 is 5.51. The van der Waals surface area contributed by atoms with E-state index in [0.29, 0.717) is 18.2 Å². The molecular weight excluding hydrogens is 262 g/mol. The van der Waals surface area contributed by atoms with Crippen LogP contribution in [0.5, 0.6) is 5.88 Å². The molecule has 1 aromatic carbocycles. The topological polar surface area (TPSA) is 51.4 Å². The van der Waals surface area contributed by atoms with E-state index in [1.807, 2.05) is 19.1 Å². The summed E-state index contributed by atoms with van der Waals surface area (Å²) in [6, 6.07) is 12.5. The average molecular weight is 283 g/mol. The number of nitrogens with two attached hydrogens (primary N) is 1. The average Bonchev–Trinajstić information content (AvgIpc) is 2.72. The zero-order valence-corrected chi connectivity index (χ0v) is 12.4. The van der Waals surface area contributed by atoms with Crippen molar-refractivity contribution >= 4 is 11.5 Å². The number of aryl methyl sites for hydroxylation is 1. The van der Waals surface area contributed by atoms with Gasteiger partial charge in [-0.3, -0.25) is 0 Å². The van der Waals surface area contributed by atoms with Crippen LogP contribution in [0.2, 0.25) is 0 Å². The molecular formula is C17H21N3O. The fourth-order valence-corrected chi connectivity index (χ4v) is 2.77. The van der Waals surface area contributed by atoms with E-state index in [1.165, 1.54) is 11.1 Å². The molecule has 1 aromatic heterocycles. The Labute approximate surface area is 125 Å². The minimum Gasteiger partial charge on any atom is -0.476 e. The van der Waals surface area contributed by atoms with Crippen molar-refractivity contribution in [3.8, 4) is 5.88 Å². The Balaban J connectivity index is 1.88. The van der Waals surface area contributed by atoms with Gasteiger partial charge in [0, 0.05) is 13.1 Å². The molecule has 0 amide bonds. The van der Waals surface area contributed by atoms with E-state index in [0.717, 1.165) is 31.7 Å². The molecule has 0 bridgehead atoms. The number of rotatable bonds is 3. The van der Waals surface area contributed by atoms with E-state index in [1.54, 1.807) is 0 Å². The van der Waals surface area contributed by atoms with Gasteiger partial charge in [-0.2, -0.15) is 4.98 Å². The predicted molar refractivity (Wildman–Crippen MR) is 85.6 cm³/mol. The Morgan fingerprint density at radius 1 is 1.19 bits per heavy atom. The second kappa shape index (κ2) is 6.04. The molecule has 0 radical (unpaired) electrons. The third kappa shape index (κ3) is 2.94. The Bertz CT molecular complexity index is 627. The van der Waals surface area contributed by atoms with Crippen molar-refractivity contribution in [3.63, 3.8) is 0 Å². The number of nitrogen functional groups attached to an aromatic ring is 1. The van der Waals surface area contributed by atoms with Crippen LogP contribution in [0.15, 0.2) is 36.4 Å². The van der Waals surface area contributed by atoms with Crippen LogP contribution in [0.1, 0.15) is 24.5 Å². The largest absolute Gasteiger partial charge is 0.476 e. The number of hydrogen-bond donors (Lipinski definition) is 1. The first kappa shape index (κ1) is 13.7. The van der Waals surface area contributed by atoms with Gasteiger partial charge in [-0.15, -0.1) is 0 Å². The first-order valence-corrected chi connectivity index (χ1v) is 7.49. The van der Waals surface area contributed by atoms with Crippen LogP contribution in [-0.2, 0) is 13.0 Å². The highest BCUT2D eigenvalue weighted by molar-refractivity contribution is 5.55. The van der Waals surface area contributed by atoms with Crippen LogP contribution in [0.4, 0.5) is 11.5 Å². The summed E-state index contributed by atoms with van der Waals surface area (Å²) in [5.74, 6) is 1.47. The van der Waals surface area contributed by atoms with Gasteiger partial charge in [0.15, 0.2) is 0 Å². The van der Waals surface area contributed by atoms with E-state index in [9.17, 15) is 0 Å². The Hall–Kier alpha value is -2.23. The number of ether oxygens (including phenoxy) is 1. The van der Waals surface area contributed by atoms with Crippen molar-refractivity contribution in [2.45, 2.75) is 26.3 Å². The Morgan fingerprint density at radius 3 is 2.81 bits per heavy atom. The third-order valence-corrected chi connectivity index (χ3v) is 3.83. The fourth-order valence-electron chi connectivity index (χ4n) is 2.77. The molecule has 110 valence electrons. The van der Waals surface area contributed by atoms with Crippen molar-refractivity contribution in [2.24, 2.45) is 0 Å². The van der Waals surface area contributed by atoms with Crippen molar-refractivity contribution in [3.05, 3.63) is 47.5 Å². The standard InChI is InChI=1S/C17H21N3O/c1-2-21-17-15(18)9-10-16(19-17)20-11-5-8-13-6-3-4-7-14(13)12-20/h3-4,6-7,9-10H,2,5,8,11-12,18H2,1H3. The number of fused-ring (bicyclic) bond motifs is 1. The maximum absolute atomic E-state index is 5.91. The van der Waals surface area contributed by atoms with Gasteiger partial charge >= 0.3 is 0 Å². The molecule has 0 unspecified atom stereocenters. The number of anilines is 2. The molecule has 0 atom stereocenters. The maximum atomic E-state index is 5.91. The fraction of sp³-hybridized carbons (Fsp3) is 0.353. The van der Waals surface area contributed by atoms with Gasteiger partial charge in [0.25, 0.3) is 0 Å². The van der Waals surface area contributed by atoms with Gasteiger partial charge in [-0.25, -0.2) is 0 Å². The highest BCUT2D eigenvalue weighted by Crippen LogP contribution is 2.27. The lowest BCUT2D eigenvalue weighted by Crippen LogP contribution is -2.23. The maximum Gasteiger partial charge on any atom is 0.239 e. The van der Waals surface area contributed by atoms with Gasteiger partial charge in [0.1, 0.15) is 5.82 Å². The molecule has 1 aliphatic rings. The lowest BCUT2D eigenvalue weighted by Gasteiger charge is -2.22. The lowest BCUT2D eigenvalue weighted by atomic mass is 10.0. The van der Waals surface area contributed by atoms with Crippen molar-refractivity contribution in [1.82, 2.24) is 4.98 Å². The van der Waals surface area contributed by atoms with Crippen molar-refractivity contribution < 1.29 is 4.74 Å². The number of hydrogen-bond acceptors (Lipinski definition) is 4. The van der Waals surface area contributed by atoms with E-state index >= 15 is 0 Å². The van der Waals surface area contributed by atoms with Gasteiger partial charge < -0.3 is 15.4 Å². The molecule has 2 N–H and O–H groups in total. The SMILES string of the molecule is CCOc1nc(N2CCCc3ccccc3C2)ccc1N. The molecule has 4 heteroatoms. The summed E-state index contributed by atoms with van der Waals surface area (Å²) in [6.07, 6.45) is 2.26. The molecule has 4 nitrogen and oxygen atoms in total. The zero-order valence-electron chi connectivity index (χ0n) is 12.4. The lowest BCUT2D eigenvalue weighted by molar-refractivity contribution is 0.329. The summed E-state index contributed by atoms with van der Waals surface area (Å²) in [7, 11) is 0. The monoisotopic (exact) mass is 283 g/mol. The third-order valence-electron chi connectivity index (χ3n) is 3.83. The van der Waals surface area contributed by atoms with Crippen LogP contribution in [0.3, 0.4) is 0 Å². The van der Waals surface area contributed by atoms with Crippen LogP contribution in [0.25, 0.3) is 0 Å². The first-order chi connectivity index (χ1) is 10.3. The number of nitrogens with zero attached hydrogens (tertiary/aromatic N) is 2. The van der Waals surface area contributed by atoms with E-state index < -0.39 is 0 Å². The van der Waals surface area contributed by atoms with Gasteiger partial charge in [-0.1, -0.05) is 24.3 Å². The molecule has 21 heavy (non-hydrogen) atoms. The number of pyridine rings is 1. The summed E-state index contributed by atoms with van der Waals surface area (Å²) in [4.78, 5) is 6.88. The molecule has 2 aromatic rings. The summed E-state index contributed by atoms with van der Waals surface area (Å²) >= 11 is 0. The van der Waals surface area contributed by atoms with E-state index in [4.69, 9.17) is 10.5 Å². The van der Waals surface area contributed by atoms with Gasteiger partial charge in [0.05, 0.1) is 12.3 Å². The van der Waals surface area contributed by atoms with Crippen LogP contribution in [0, 0.1) is 0 Å². The minimum absolute atomic E-state index is 0.535. The van der Waals surface area contributed by atoms with Gasteiger partial charge in [0.2, 0.25) is 5.88 Å². The molecule has 0 spiro atoms. The summed E-state index contributed by atoms with van der Waals surface area (Å²) in [5.41, 5.74) is 9.33. The zero-order chi connectivity index (χ0) is 14.7. The molecule has 0 saturated carbocycles. The Morgan fingerprint density at radius 2 is 2.00 bits per heavy atom. The smallest absolute Gasteiger partial charge is 0.239 e. The van der Waals surface area contributed by atoms with E-state index in [-0.39, 0.29) is 0 Å². The minimum atomic E-state index is 0.535. The van der Waals surface area contributed by atoms with Crippen molar-refractivity contribution in [1.29, 1.82) is 0 Å². The molecule has 0 fully saturated rings. The number of benzene rings is 1. The molecule has 3 rings (SSSR count). The summed E-state index contributed by atoms with van der Waals surface area (Å²) in [6.45, 7) is 4.40. The first-order valence-electron chi connectivity index (χ1n) is 7.49. The second-order valence-corrected chi connectivity index (χ2v) is 5.29. The normalized spacial score (nSPS) is 14.4. The Kier molecular flexibility index (Phi) is 3.95. The summed E-state index contributed by atoms with van der Waals surface area (Å²) in [5, 5.41) is 0. The van der Waals surface area contributed by atoms with Crippen LogP contribution >= 0.6 is 0 Å². The van der Waals surface area contributed by atoms with Crippen LogP contribution < -0.4 is 15.4 Å². The quantitative estimate of drug-likeness (QED) is 0.940. The van der Waals surface area contributed by atoms with Crippen molar-refractivity contribution in [2.75, 3.05) is 23.8 Å².